The summed E-state index contributed by atoms with van der Waals surface area (Å²) in [5, 5.41) is 4.17. The Labute approximate surface area is 153 Å². The Morgan fingerprint density at radius 2 is 1.88 bits per heavy atom. The lowest BCUT2D eigenvalue weighted by Gasteiger charge is -2.19. The number of anilines is 1. The Morgan fingerprint density at radius 1 is 1.12 bits per heavy atom. The summed E-state index contributed by atoms with van der Waals surface area (Å²) in [6, 6.07) is 15.6. The van der Waals surface area contributed by atoms with E-state index in [1.807, 2.05) is 24.3 Å². The van der Waals surface area contributed by atoms with Crippen molar-refractivity contribution in [2.75, 3.05) is 25.0 Å². The minimum Gasteiger partial charge on any atom is -0.375 e. The third-order valence-electron chi connectivity index (χ3n) is 3.83. The Morgan fingerprint density at radius 3 is 2.58 bits per heavy atom. The normalized spacial score (nSPS) is 10.5. The fourth-order valence-corrected chi connectivity index (χ4v) is 2.92. The molecule has 128 valence electrons. The average Bonchev–Trinajstić information content (AvgIpc) is 2.58. The highest BCUT2D eigenvalue weighted by molar-refractivity contribution is 6.35. The lowest BCUT2D eigenvalue weighted by atomic mass is 10.1. The first-order valence-electron chi connectivity index (χ1n) is 8.03. The fraction of sp³-hybridized carbons (Fsp3) is 0.316. The number of carbonyl (C=O) groups excluding carboxylic acids is 1. The molecule has 0 heterocycles. The monoisotopic (exact) mass is 364 g/mol. The second-order valence-electron chi connectivity index (χ2n) is 5.70. The lowest BCUT2D eigenvalue weighted by molar-refractivity contribution is -0.121. The van der Waals surface area contributed by atoms with Crippen molar-refractivity contribution < 1.29 is 4.79 Å². The molecule has 0 aromatic heterocycles. The van der Waals surface area contributed by atoms with Crippen LogP contribution in [0.1, 0.15) is 18.4 Å². The molecular formula is C19H22Cl2N2O. The Kier molecular flexibility index (Phi) is 7.41. The molecule has 0 atom stereocenters. The largest absolute Gasteiger partial charge is 0.375 e. The second kappa shape index (κ2) is 9.55. The number of hydrogen-bond donors (Lipinski definition) is 1. The molecule has 0 fully saturated rings. The molecule has 1 N–H and O–H groups in total. The highest BCUT2D eigenvalue weighted by Crippen LogP contribution is 2.22. The van der Waals surface area contributed by atoms with E-state index in [9.17, 15) is 4.79 Å². The van der Waals surface area contributed by atoms with Crippen molar-refractivity contribution in [1.29, 1.82) is 0 Å². The summed E-state index contributed by atoms with van der Waals surface area (Å²) in [7, 11) is 2.06. The molecule has 0 aliphatic heterocycles. The molecule has 0 radical (unpaired) electrons. The van der Waals surface area contributed by atoms with Gasteiger partial charge >= 0.3 is 0 Å². The molecule has 24 heavy (non-hydrogen) atoms. The van der Waals surface area contributed by atoms with E-state index in [0.29, 0.717) is 29.4 Å². The molecule has 0 unspecified atom stereocenters. The maximum Gasteiger partial charge on any atom is 0.220 e. The molecule has 5 heteroatoms. The molecule has 0 saturated heterocycles. The van der Waals surface area contributed by atoms with Crippen LogP contribution in [0.3, 0.4) is 0 Å². The van der Waals surface area contributed by atoms with Crippen molar-refractivity contribution in [2.45, 2.75) is 19.3 Å². The number of carbonyl (C=O) groups is 1. The number of amides is 1. The van der Waals surface area contributed by atoms with Crippen molar-refractivity contribution in [3.63, 3.8) is 0 Å². The van der Waals surface area contributed by atoms with Gasteiger partial charge in [-0.25, -0.2) is 0 Å². The minimum atomic E-state index is 0.0448. The minimum absolute atomic E-state index is 0.0448. The first-order chi connectivity index (χ1) is 11.6. The van der Waals surface area contributed by atoms with Crippen molar-refractivity contribution in [1.82, 2.24) is 5.32 Å². The zero-order valence-electron chi connectivity index (χ0n) is 13.8. The summed E-state index contributed by atoms with van der Waals surface area (Å²) in [6.07, 6.45) is 1.94. The van der Waals surface area contributed by atoms with Crippen LogP contribution in [0, 0.1) is 0 Å². The highest BCUT2D eigenvalue weighted by atomic mass is 35.5. The third kappa shape index (κ3) is 6.06. The summed E-state index contributed by atoms with van der Waals surface area (Å²) in [5.41, 5.74) is 2.13. The zero-order chi connectivity index (χ0) is 17.4. The number of aryl methyl sites for hydroxylation is 1. The maximum absolute atomic E-state index is 11.9. The molecule has 0 aliphatic carbocycles. The maximum atomic E-state index is 11.9. The van der Waals surface area contributed by atoms with Gasteiger partial charge in [0.2, 0.25) is 5.91 Å². The highest BCUT2D eigenvalue weighted by Gasteiger charge is 2.06. The number of benzene rings is 2. The number of halogens is 2. The number of nitrogens with zero attached hydrogens (tertiary/aromatic N) is 1. The van der Waals surface area contributed by atoms with Crippen molar-refractivity contribution in [3.8, 4) is 0 Å². The summed E-state index contributed by atoms with van der Waals surface area (Å²) in [6.45, 7) is 1.57. The molecule has 3 nitrogen and oxygen atoms in total. The van der Waals surface area contributed by atoms with E-state index in [-0.39, 0.29) is 5.91 Å². The van der Waals surface area contributed by atoms with Gasteiger partial charge in [0.05, 0.1) is 0 Å². The van der Waals surface area contributed by atoms with Gasteiger partial charge in [-0.15, -0.1) is 0 Å². The standard InChI is InChI=1S/C19H22Cl2N2O/c1-23(17-6-3-2-4-7-17)13-5-12-22-19(24)11-9-15-8-10-16(20)14-18(15)21/h2-4,6-8,10,14H,5,9,11-13H2,1H3,(H,22,24). The van der Waals surface area contributed by atoms with Crippen LogP contribution in [-0.4, -0.2) is 26.0 Å². The predicted molar refractivity (Wildman–Crippen MR) is 102 cm³/mol. The van der Waals surface area contributed by atoms with Gasteiger partial charge in [-0.2, -0.15) is 0 Å². The van der Waals surface area contributed by atoms with Crippen LogP contribution in [0.2, 0.25) is 10.0 Å². The first kappa shape index (κ1) is 18.6. The van der Waals surface area contributed by atoms with E-state index in [2.05, 4.69) is 29.4 Å². The van der Waals surface area contributed by atoms with Gasteiger partial charge in [-0.05, 0) is 42.7 Å². The quantitative estimate of drug-likeness (QED) is 0.695. The smallest absolute Gasteiger partial charge is 0.220 e. The van der Waals surface area contributed by atoms with Crippen molar-refractivity contribution >= 4 is 34.8 Å². The molecule has 2 aromatic carbocycles. The van der Waals surface area contributed by atoms with E-state index in [1.165, 1.54) is 5.69 Å². The van der Waals surface area contributed by atoms with Crippen molar-refractivity contribution in [2.24, 2.45) is 0 Å². The lowest BCUT2D eigenvalue weighted by Crippen LogP contribution is -2.28. The summed E-state index contributed by atoms with van der Waals surface area (Å²) >= 11 is 12.0. The van der Waals surface area contributed by atoms with Crippen LogP contribution >= 0.6 is 23.2 Å². The van der Waals surface area contributed by atoms with Crippen LogP contribution in [0.25, 0.3) is 0 Å². The van der Waals surface area contributed by atoms with Gasteiger partial charge < -0.3 is 10.2 Å². The van der Waals surface area contributed by atoms with E-state index in [4.69, 9.17) is 23.2 Å². The number of rotatable bonds is 8. The molecule has 0 bridgehead atoms. The molecule has 0 aliphatic rings. The molecule has 1 amide bonds. The van der Waals surface area contributed by atoms with Gasteiger partial charge in [0.1, 0.15) is 0 Å². The number of nitrogens with one attached hydrogen (secondary N) is 1. The van der Waals surface area contributed by atoms with Crippen LogP contribution in [0.4, 0.5) is 5.69 Å². The Balaban J connectivity index is 1.65. The first-order valence-corrected chi connectivity index (χ1v) is 8.78. The van der Waals surface area contributed by atoms with Crippen LogP contribution in [0.15, 0.2) is 48.5 Å². The summed E-state index contributed by atoms with van der Waals surface area (Å²) in [5.74, 6) is 0.0448. The number of para-hydroxylation sites is 1. The van der Waals surface area contributed by atoms with Crippen molar-refractivity contribution in [3.05, 3.63) is 64.1 Å². The Hall–Kier alpha value is -1.71. The molecular weight excluding hydrogens is 343 g/mol. The Bertz CT molecular complexity index is 662. The SMILES string of the molecule is CN(CCCNC(=O)CCc1ccc(Cl)cc1Cl)c1ccccc1. The van der Waals surface area contributed by atoms with E-state index in [1.54, 1.807) is 12.1 Å². The molecule has 2 aromatic rings. The van der Waals surface area contributed by atoms with Gasteiger partial charge in [0.15, 0.2) is 0 Å². The predicted octanol–water partition coefficient (Wildman–Crippen LogP) is 4.57. The fourth-order valence-electron chi connectivity index (χ4n) is 2.42. The van der Waals surface area contributed by atoms with Crippen LogP contribution in [0.5, 0.6) is 0 Å². The van der Waals surface area contributed by atoms with E-state index < -0.39 is 0 Å². The van der Waals surface area contributed by atoms with Gasteiger partial charge in [0, 0.05) is 42.3 Å². The summed E-state index contributed by atoms with van der Waals surface area (Å²) in [4.78, 5) is 14.1. The van der Waals surface area contributed by atoms with E-state index >= 15 is 0 Å². The second-order valence-corrected chi connectivity index (χ2v) is 6.54. The van der Waals surface area contributed by atoms with Crippen LogP contribution < -0.4 is 10.2 Å². The molecule has 0 spiro atoms. The van der Waals surface area contributed by atoms with Gasteiger partial charge in [-0.3, -0.25) is 4.79 Å². The van der Waals surface area contributed by atoms with Crippen LogP contribution in [-0.2, 0) is 11.2 Å². The van der Waals surface area contributed by atoms with Gasteiger partial charge in [-0.1, -0.05) is 47.5 Å². The molecule has 2 rings (SSSR count). The zero-order valence-corrected chi connectivity index (χ0v) is 15.3. The molecule has 0 saturated carbocycles. The third-order valence-corrected chi connectivity index (χ3v) is 4.41. The van der Waals surface area contributed by atoms with Gasteiger partial charge in [0.25, 0.3) is 0 Å². The topological polar surface area (TPSA) is 32.3 Å². The average molecular weight is 365 g/mol. The summed E-state index contributed by atoms with van der Waals surface area (Å²) < 4.78 is 0. The number of hydrogen-bond acceptors (Lipinski definition) is 2. The van der Waals surface area contributed by atoms with E-state index in [0.717, 1.165) is 18.5 Å².